The van der Waals surface area contributed by atoms with Crippen LogP contribution in [0, 0.1) is 11.8 Å². The van der Waals surface area contributed by atoms with E-state index < -0.39 is 0 Å². The molecule has 1 aliphatic heterocycles. The third-order valence-corrected chi connectivity index (χ3v) is 5.60. The van der Waals surface area contributed by atoms with Crippen LogP contribution in [0.5, 0.6) is 11.5 Å². The van der Waals surface area contributed by atoms with Gasteiger partial charge < -0.3 is 20.1 Å². The number of rotatable bonds is 6. The lowest BCUT2D eigenvalue weighted by Gasteiger charge is -2.23. The van der Waals surface area contributed by atoms with E-state index >= 15 is 0 Å². The Morgan fingerprint density at radius 2 is 1.74 bits per heavy atom. The van der Waals surface area contributed by atoms with Crippen LogP contribution in [-0.2, 0) is 0 Å². The second kappa shape index (κ2) is 7.43. The van der Waals surface area contributed by atoms with Gasteiger partial charge in [0.05, 0.1) is 14.2 Å². The monoisotopic (exact) mass is 318 g/mol. The molecule has 1 aromatic carbocycles. The first-order valence-corrected chi connectivity index (χ1v) is 8.93. The fourth-order valence-corrected chi connectivity index (χ4v) is 4.20. The number of hydrogen-bond acceptors (Lipinski definition) is 4. The largest absolute Gasteiger partial charge is 0.497 e. The summed E-state index contributed by atoms with van der Waals surface area (Å²) in [6, 6.07) is 6.51. The van der Waals surface area contributed by atoms with Gasteiger partial charge in [-0.15, -0.1) is 0 Å². The second-order valence-electron chi connectivity index (χ2n) is 7.12. The summed E-state index contributed by atoms with van der Waals surface area (Å²) in [4.78, 5) is 2.44. The maximum Gasteiger partial charge on any atom is 0.124 e. The molecular formula is C19H30N2O2. The van der Waals surface area contributed by atoms with Gasteiger partial charge in [-0.2, -0.15) is 0 Å². The molecule has 1 aromatic rings. The molecule has 128 valence electrons. The van der Waals surface area contributed by atoms with Crippen LogP contribution >= 0.6 is 0 Å². The van der Waals surface area contributed by atoms with Gasteiger partial charge in [-0.25, -0.2) is 0 Å². The summed E-state index contributed by atoms with van der Waals surface area (Å²) in [7, 11) is 3.40. The molecule has 2 fully saturated rings. The van der Waals surface area contributed by atoms with Gasteiger partial charge in [0.1, 0.15) is 11.5 Å². The molecule has 2 N–H and O–H groups in total. The molecule has 1 aliphatic carbocycles. The topological polar surface area (TPSA) is 47.7 Å². The van der Waals surface area contributed by atoms with Gasteiger partial charge >= 0.3 is 0 Å². The Kier molecular flexibility index (Phi) is 5.31. The van der Waals surface area contributed by atoms with Gasteiger partial charge in [0.2, 0.25) is 0 Å². The first kappa shape index (κ1) is 16.4. The van der Waals surface area contributed by atoms with Crippen molar-refractivity contribution in [3.63, 3.8) is 0 Å². The standard InChI is InChI=1S/C19H30N2O2/c1-22-17-10-16(11-18(12-17)23-2)21-8-7-14(13-21)9-19(20)15-5-3-4-6-15/h10-12,14-15,19H,3-9,13,20H2,1-2H3. The van der Waals surface area contributed by atoms with Crippen LogP contribution in [0.1, 0.15) is 38.5 Å². The molecule has 0 amide bonds. The molecule has 4 heteroatoms. The second-order valence-corrected chi connectivity index (χ2v) is 7.12. The number of ether oxygens (including phenoxy) is 2. The van der Waals surface area contributed by atoms with Crippen LogP contribution in [0.3, 0.4) is 0 Å². The van der Waals surface area contributed by atoms with Gasteiger partial charge in [-0.3, -0.25) is 0 Å². The molecule has 2 aliphatic rings. The minimum atomic E-state index is 0.391. The number of hydrogen-bond donors (Lipinski definition) is 1. The lowest BCUT2D eigenvalue weighted by atomic mass is 9.89. The SMILES string of the molecule is COc1cc(OC)cc(N2CCC(CC(N)C3CCCC3)C2)c1. The molecule has 0 radical (unpaired) electrons. The van der Waals surface area contributed by atoms with E-state index in [0.717, 1.165) is 30.5 Å². The molecule has 1 heterocycles. The lowest BCUT2D eigenvalue weighted by molar-refractivity contribution is 0.357. The van der Waals surface area contributed by atoms with Crippen molar-refractivity contribution >= 4 is 5.69 Å². The first-order chi connectivity index (χ1) is 11.2. The Bertz CT molecular complexity index is 492. The number of anilines is 1. The summed E-state index contributed by atoms with van der Waals surface area (Å²) in [5, 5.41) is 0. The maximum absolute atomic E-state index is 6.48. The van der Waals surface area contributed by atoms with Gasteiger partial charge in [0.15, 0.2) is 0 Å². The zero-order valence-corrected chi connectivity index (χ0v) is 14.5. The lowest BCUT2D eigenvalue weighted by Crippen LogP contribution is -2.31. The van der Waals surface area contributed by atoms with Crippen LogP contribution in [0.15, 0.2) is 18.2 Å². The van der Waals surface area contributed by atoms with Crippen molar-refractivity contribution in [1.29, 1.82) is 0 Å². The van der Waals surface area contributed by atoms with E-state index in [4.69, 9.17) is 15.2 Å². The molecule has 1 saturated heterocycles. The van der Waals surface area contributed by atoms with E-state index in [1.54, 1.807) is 14.2 Å². The van der Waals surface area contributed by atoms with Gasteiger partial charge in [-0.1, -0.05) is 12.8 Å². The Hall–Kier alpha value is -1.42. The molecular weight excluding hydrogens is 288 g/mol. The zero-order chi connectivity index (χ0) is 16.2. The number of methoxy groups -OCH3 is 2. The molecule has 3 rings (SSSR count). The van der Waals surface area contributed by atoms with Gasteiger partial charge in [0, 0.05) is 43.0 Å². The molecule has 23 heavy (non-hydrogen) atoms. The highest BCUT2D eigenvalue weighted by Crippen LogP contribution is 2.35. The van der Waals surface area contributed by atoms with E-state index in [0.29, 0.717) is 12.0 Å². The summed E-state index contributed by atoms with van der Waals surface area (Å²) < 4.78 is 10.8. The minimum Gasteiger partial charge on any atom is -0.497 e. The predicted octanol–water partition coefficient (Wildman–Crippen LogP) is 3.44. The number of nitrogens with two attached hydrogens (primary N) is 1. The van der Waals surface area contributed by atoms with Crippen LogP contribution in [-0.4, -0.2) is 33.4 Å². The number of nitrogens with zero attached hydrogens (tertiary/aromatic N) is 1. The fraction of sp³-hybridized carbons (Fsp3) is 0.684. The molecule has 0 spiro atoms. The van der Waals surface area contributed by atoms with E-state index in [1.807, 2.05) is 6.07 Å². The maximum atomic E-state index is 6.48. The van der Waals surface area contributed by atoms with E-state index in [2.05, 4.69) is 17.0 Å². The Balaban J connectivity index is 1.60. The Morgan fingerprint density at radius 1 is 1.09 bits per heavy atom. The highest BCUT2D eigenvalue weighted by Gasteiger charge is 2.29. The van der Waals surface area contributed by atoms with Crippen molar-refractivity contribution in [3.8, 4) is 11.5 Å². The van der Waals surface area contributed by atoms with Crippen LogP contribution in [0.25, 0.3) is 0 Å². The van der Waals surface area contributed by atoms with Gasteiger partial charge in [0.25, 0.3) is 0 Å². The predicted molar refractivity (Wildman–Crippen MR) is 94.4 cm³/mol. The van der Waals surface area contributed by atoms with E-state index in [9.17, 15) is 0 Å². The van der Waals surface area contributed by atoms with Crippen molar-refractivity contribution in [2.24, 2.45) is 17.6 Å². The molecule has 1 saturated carbocycles. The Morgan fingerprint density at radius 3 is 2.35 bits per heavy atom. The van der Waals surface area contributed by atoms with Crippen molar-refractivity contribution in [2.75, 3.05) is 32.2 Å². The molecule has 0 aromatic heterocycles. The molecule has 4 nitrogen and oxygen atoms in total. The minimum absolute atomic E-state index is 0.391. The normalized spacial score (nSPS) is 23.3. The van der Waals surface area contributed by atoms with Crippen molar-refractivity contribution < 1.29 is 9.47 Å². The number of benzene rings is 1. The summed E-state index contributed by atoms with van der Waals surface area (Å²) in [5.74, 6) is 3.18. The molecule has 0 bridgehead atoms. The van der Waals surface area contributed by atoms with E-state index in [1.165, 1.54) is 44.2 Å². The van der Waals surface area contributed by atoms with Gasteiger partial charge in [-0.05, 0) is 37.5 Å². The first-order valence-electron chi connectivity index (χ1n) is 8.93. The zero-order valence-electron chi connectivity index (χ0n) is 14.5. The van der Waals surface area contributed by atoms with Crippen LogP contribution in [0.2, 0.25) is 0 Å². The van der Waals surface area contributed by atoms with Crippen molar-refractivity contribution in [2.45, 2.75) is 44.6 Å². The summed E-state index contributed by atoms with van der Waals surface area (Å²) in [6.07, 6.45) is 7.83. The highest BCUT2D eigenvalue weighted by molar-refractivity contribution is 5.56. The molecule has 2 atom stereocenters. The fourth-order valence-electron chi connectivity index (χ4n) is 4.20. The highest BCUT2D eigenvalue weighted by atomic mass is 16.5. The third-order valence-electron chi connectivity index (χ3n) is 5.60. The van der Waals surface area contributed by atoms with E-state index in [-0.39, 0.29) is 0 Å². The van der Waals surface area contributed by atoms with Crippen LogP contribution in [0.4, 0.5) is 5.69 Å². The summed E-state index contributed by atoms with van der Waals surface area (Å²) in [6.45, 7) is 2.19. The summed E-state index contributed by atoms with van der Waals surface area (Å²) in [5.41, 5.74) is 7.67. The smallest absolute Gasteiger partial charge is 0.124 e. The average molecular weight is 318 g/mol. The average Bonchev–Trinajstić information content (AvgIpc) is 3.26. The third kappa shape index (κ3) is 3.92. The van der Waals surface area contributed by atoms with Crippen LogP contribution < -0.4 is 20.1 Å². The molecule has 2 unspecified atom stereocenters. The quantitative estimate of drug-likeness (QED) is 0.873. The Labute approximate surface area is 139 Å². The van der Waals surface area contributed by atoms with Crippen molar-refractivity contribution in [3.05, 3.63) is 18.2 Å². The van der Waals surface area contributed by atoms with Crippen molar-refractivity contribution in [1.82, 2.24) is 0 Å². The summed E-state index contributed by atoms with van der Waals surface area (Å²) >= 11 is 0.